The van der Waals surface area contributed by atoms with Crippen LogP contribution in [0.2, 0.25) is 0 Å². The molecule has 25 heavy (non-hydrogen) atoms. The SMILES string of the molecule is CN=C(NCCC(=O)OC)NCc1ccccc1CN1CCOCC1. The van der Waals surface area contributed by atoms with Crippen molar-refractivity contribution < 1.29 is 14.3 Å². The van der Waals surface area contributed by atoms with E-state index in [1.165, 1.54) is 18.2 Å². The Hall–Kier alpha value is -2.12. The van der Waals surface area contributed by atoms with Crippen LogP contribution >= 0.6 is 0 Å². The standard InChI is InChI=1S/C18H28N4O3/c1-19-18(20-8-7-17(23)24-2)21-13-15-5-3-4-6-16(15)14-22-9-11-25-12-10-22/h3-6H,7-14H2,1-2H3,(H2,19,20,21). The predicted molar refractivity (Wildman–Crippen MR) is 97.4 cm³/mol. The third kappa shape index (κ3) is 6.72. The maximum Gasteiger partial charge on any atom is 0.307 e. The number of benzene rings is 1. The lowest BCUT2D eigenvalue weighted by molar-refractivity contribution is -0.140. The van der Waals surface area contributed by atoms with Crippen molar-refractivity contribution in [2.75, 3.05) is 47.0 Å². The van der Waals surface area contributed by atoms with Gasteiger partial charge >= 0.3 is 5.97 Å². The van der Waals surface area contributed by atoms with Crippen molar-refractivity contribution in [3.8, 4) is 0 Å². The van der Waals surface area contributed by atoms with Crippen LogP contribution in [0.1, 0.15) is 17.5 Å². The molecule has 1 heterocycles. The molecule has 1 aliphatic rings. The van der Waals surface area contributed by atoms with Crippen molar-refractivity contribution in [1.82, 2.24) is 15.5 Å². The summed E-state index contributed by atoms with van der Waals surface area (Å²) in [4.78, 5) is 17.8. The van der Waals surface area contributed by atoms with Crippen LogP contribution in [0, 0.1) is 0 Å². The summed E-state index contributed by atoms with van der Waals surface area (Å²) >= 11 is 0. The average molecular weight is 348 g/mol. The van der Waals surface area contributed by atoms with E-state index in [2.05, 4.69) is 43.5 Å². The number of esters is 1. The number of methoxy groups -OCH3 is 1. The maximum absolute atomic E-state index is 11.2. The minimum absolute atomic E-state index is 0.237. The van der Waals surface area contributed by atoms with E-state index in [1.54, 1.807) is 7.05 Å². The third-order valence-electron chi connectivity index (χ3n) is 4.14. The molecule has 7 heteroatoms. The van der Waals surface area contributed by atoms with Crippen molar-refractivity contribution >= 4 is 11.9 Å². The molecule has 0 aliphatic carbocycles. The van der Waals surface area contributed by atoms with Gasteiger partial charge in [0.25, 0.3) is 0 Å². The molecule has 0 atom stereocenters. The van der Waals surface area contributed by atoms with Gasteiger partial charge in [-0.25, -0.2) is 0 Å². The minimum Gasteiger partial charge on any atom is -0.469 e. The Morgan fingerprint density at radius 1 is 1.24 bits per heavy atom. The molecule has 1 saturated heterocycles. The van der Waals surface area contributed by atoms with Crippen LogP contribution in [0.25, 0.3) is 0 Å². The normalized spacial score (nSPS) is 15.7. The molecule has 1 aromatic rings. The van der Waals surface area contributed by atoms with Crippen LogP contribution in [0.4, 0.5) is 0 Å². The summed E-state index contributed by atoms with van der Waals surface area (Å²) in [5.74, 6) is 0.434. The zero-order chi connectivity index (χ0) is 17.9. The summed E-state index contributed by atoms with van der Waals surface area (Å²) in [5, 5.41) is 6.42. The number of morpholine rings is 1. The smallest absolute Gasteiger partial charge is 0.307 e. The molecule has 0 unspecified atom stereocenters. The largest absolute Gasteiger partial charge is 0.469 e. The molecule has 0 aromatic heterocycles. The number of carbonyl (C=O) groups excluding carboxylic acids is 1. The molecule has 0 radical (unpaired) electrons. The molecular weight excluding hydrogens is 320 g/mol. The van der Waals surface area contributed by atoms with E-state index in [1.807, 2.05) is 6.07 Å². The van der Waals surface area contributed by atoms with Crippen LogP contribution < -0.4 is 10.6 Å². The van der Waals surface area contributed by atoms with Gasteiger partial charge in [-0.15, -0.1) is 0 Å². The van der Waals surface area contributed by atoms with Gasteiger partial charge in [0.05, 0.1) is 26.7 Å². The summed E-state index contributed by atoms with van der Waals surface area (Å²) in [7, 11) is 3.11. The maximum atomic E-state index is 11.2. The topological polar surface area (TPSA) is 75.2 Å². The number of guanidine groups is 1. The van der Waals surface area contributed by atoms with Crippen molar-refractivity contribution in [2.24, 2.45) is 4.99 Å². The number of nitrogens with one attached hydrogen (secondary N) is 2. The Labute approximate surface area is 149 Å². The van der Waals surface area contributed by atoms with Crippen molar-refractivity contribution in [1.29, 1.82) is 0 Å². The molecule has 1 aromatic carbocycles. The number of aliphatic imine (C=N–C) groups is 1. The first-order valence-electron chi connectivity index (χ1n) is 8.61. The van der Waals surface area contributed by atoms with Crippen molar-refractivity contribution in [3.63, 3.8) is 0 Å². The van der Waals surface area contributed by atoms with Gasteiger partial charge in [0.2, 0.25) is 0 Å². The fourth-order valence-corrected chi connectivity index (χ4v) is 2.67. The van der Waals surface area contributed by atoms with Crippen LogP contribution in [-0.4, -0.2) is 63.8 Å². The summed E-state index contributed by atoms with van der Waals surface area (Å²) in [6.45, 7) is 5.64. The molecule has 2 N–H and O–H groups in total. The lowest BCUT2D eigenvalue weighted by atomic mass is 10.1. The van der Waals surface area contributed by atoms with E-state index in [-0.39, 0.29) is 5.97 Å². The fourth-order valence-electron chi connectivity index (χ4n) is 2.67. The van der Waals surface area contributed by atoms with Gasteiger partial charge in [-0.1, -0.05) is 24.3 Å². The summed E-state index contributed by atoms with van der Waals surface area (Å²) < 4.78 is 10.0. The first-order valence-corrected chi connectivity index (χ1v) is 8.61. The molecule has 0 bridgehead atoms. The van der Waals surface area contributed by atoms with E-state index in [9.17, 15) is 4.79 Å². The van der Waals surface area contributed by atoms with Gasteiger partial charge in [0.15, 0.2) is 5.96 Å². The van der Waals surface area contributed by atoms with Gasteiger partial charge in [-0.05, 0) is 11.1 Å². The van der Waals surface area contributed by atoms with E-state index < -0.39 is 0 Å². The Kier molecular flexibility index (Phi) is 8.21. The summed E-state index contributed by atoms with van der Waals surface area (Å²) in [5.41, 5.74) is 2.55. The van der Waals surface area contributed by atoms with Gasteiger partial charge < -0.3 is 20.1 Å². The first-order chi connectivity index (χ1) is 12.2. The highest BCUT2D eigenvalue weighted by molar-refractivity contribution is 5.80. The number of rotatable bonds is 7. The van der Waals surface area contributed by atoms with E-state index in [0.29, 0.717) is 25.5 Å². The van der Waals surface area contributed by atoms with Gasteiger partial charge in [0, 0.05) is 39.8 Å². The van der Waals surface area contributed by atoms with Gasteiger partial charge in [-0.2, -0.15) is 0 Å². The zero-order valence-corrected chi connectivity index (χ0v) is 15.1. The molecule has 7 nitrogen and oxygen atoms in total. The van der Waals surface area contributed by atoms with Gasteiger partial charge in [-0.3, -0.25) is 14.7 Å². The second-order valence-electron chi connectivity index (χ2n) is 5.84. The van der Waals surface area contributed by atoms with Crippen LogP contribution in [0.15, 0.2) is 29.3 Å². The average Bonchev–Trinajstić information content (AvgIpc) is 2.66. The molecule has 0 spiro atoms. The molecule has 2 rings (SSSR count). The van der Waals surface area contributed by atoms with E-state index in [4.69, 9.17) is 4.74 Å². The Morgan fingerprint density at radius 3 is 2.64 bits per heavy atom. The molecule has 1 fully saturated rings. The van der Waals surface area contributed by atoms with Crippen molar-refractivity contribution in [3.05, 3.63) is 35.4 Å². The number of hydrogen-bond acceptors (Lipinski definition) is 5. The molecule has 138 valence electrons. The van der Waals surface area contributed by atoms with E-state index >= 15 is 0 Å². The van der Waals surface area contributed by atoms with Gasteiger partial charge in [0.1, 0.15) is 0 Å². The number of hydrogen-bond donors (Lipinski definition) is 2. The monoisotopic (exact) mass is 348 g/mol. The lowest BCUT2D eigenvalue weighted by Crippen LogP contribution is -2.38. The third-order valence-corrected chi connectivity index (χ3v) is 4.14. The minimum atomic E-state index is -0.237. The molecular formula is C18H28N4O3. The second-order valence-corrected chi connectivity index (χ2v) is 5.84. The number of ether oxygens (including phenoxy) is 2. The number of carbonyl (C=O) groups is 1. The Morgan fingerprint density at radius 2 is 1.96 bits per heavy atom. The Balaban J connectivity index is 1.85. The Bertz CT molecular complexity index is 571. The summed E-state index contributed by atoms with van der Waals surface area (Å²) in [6.07, 6.45) is 0.310. The second kappa shape index (κ2) is 10.7. The highest BCUT2D eigenvalue weighted by Gasteiger charge is 2.12. The predicted octanol–water partition coefficient (Wildman–Crippen LogP) is 0.747. The zero-order valence-electron chi connectivity index (χ0n) is 15.1. The summed E-state index contributed by atoms with van der Waals surface area (Å²) in [6, 6.07) is 8.42. The first kappa shape index (κ1) is 19.2. The van der Waals surface area contributed by atoms with E-state index in [0.717, 1.165) is 32.8 Å². The highest BCUT2D eigenvalue weighted by Crippen LogP contribution is 2.12. The van der Waals surface area contributed by atoms with Crippen LogP contribution in [0.3, 0.4) is 0 Å². The number of nitrogens with zero attached hydrogens (tertiary/aromatic N) is 2. The molecule has 0 amide bonds. The highest BCUT2D eigenvalue weighted by atomic mass is 16.5. The van der Waals surface area contributed by atoms with Crippen molar-refractivity contribution in [2.45, 2.75) is 19.5 Å². The quantitative estimate of drug-likeness (QED) is 0.430. The van der Waals surface area contributed by atoms with Crippen LogP contribution in [-0.2, 0) is 27.4 Å². The fraction of sp³-hybridized carbons (Fsp3) is 0.556. The molecule has 0 saturated carbocycles. The molecule has 1 aliphatic heterocycles. The van der Waals surface area contributed by atoms with Crippen LogP contribution in [0.5, 0.6) is 0 Å². The lowest BCUT2D eigenvalue weighted by Gasteiger charge is -2.27.